The molecule has 25 heavy (non-hydrogen) atoms. The van der Waals surface area contributed by atoms with Crippen molar-refractivity contribution in [3.05, 3.63) is 54.0 Å². The van der Waals surface area contributed by atoms with Crippen LogP contribution >= 0.6 is 12.2 Å². The molecule has 1 aromatic carbocycles. The van der Waals surface area contributed by atoms with Gasteiger partial charge in [0.25, 0.3) is 0 Å². The molecule has 2 heterocycles. The summed E-state index contributed by atoms with van der Waals surface area (Å²) in [5.41, 5.74) is 1.55. The monoisotopic (exact) mass is 357 g/mol. The highest BCUT2D eigenvalue weighted by atomic mass is 32.1. The number of ketones is 1. The third kappa shape index (κ3) is 4.67. The fourth-order valence-electron chi connectivity index (χ4n) is 3.10. The molecule has 0 unspecified atom stereocenters. The summed E-state index contributed by atoms with van der Waals surface area (Å²) in [6, 6.07) is 11.4. The minimum Gasteiger partial charge on any atom is -0.468 e. The number of anilines is 1. The van der Waals surface area contributed by atoms with Crippen LogP contribution in [-0.2, 0) is 0 Å². The summed E-state index contributed by atoms with van der Waals surface area (Å²) >= 11 is 5.40. The Morgan fingerprint density at radius 1 is 1.24 bits per heavy atom. The number of carbonyl (C=O) groups is 1. The molecule has 1 fully saturated rings. The Labute approximate surface area is 153 Å². The summed E-state index contributed by atoms with van der Waals surface area (Å²) in [7, 11) is 0. The normalized spacial score (nSPS) is 15.7. The fraction of sp³-hybridized carbons (Fsp3) is 0.368. The van der Waals surface area contributed by atoms with Crippen LogP contribution in [0.5, 0.6) is 0 Å². The lowest BCUT2D eigenvalue weighted by atomic mass is 10.1. The number of nitrogens with zero attached hydrogens (tertiary/aromatic N) is 1. The summed E-state index contributed by atoms with van der Waals surface area (Å²) in [4.78, 5) is 13.7. The van der Waals surface area contributed by atoms with Crippen LogP contribution in [0, 0.1) is 0 Å². The molecule has 1 saturated heterocycles. The van der Waals surface area contributed by atoms with Crippen molar-refractivity contribution in [3.8, 4) is 0 Å². The predicted octanol–water partition coefficient (Wildman–Crippen LogP) is 3.61. The third-order valence-electron chi connectivity index (χ3n) is 4.46. The van der Waals surface area contributed by atoms with Gasteiger partial charge in [-0.1, -0.05) is 0 Å². The lowest BCUT2D eigenvalue weighted by molar-refractivity contribution is 0.101. The van der Waals surface area contributed by atoms with E-state index < -0.39 is 0 Å². The van der Waals surface area contributed by atoms with E-state index in [-0.39, 0.29) is 11.8 Å². The Kier molecular flexibility index (Phi) is 5.83. The first-order chi connectivity index (χ1) is 12.1. The molecule has 2 N–H and O–H groups in total. The maximum Gasteiger partial charge on any atom is 0.170 e. The van der Waals surface area contributed by atoms with Gasteiger partial charge in [-0.3, -0.25) is 9.69 Å². The molecule has 6 heteroatoms. The minimum absolute atomic E-state index is 0.0548. The molecule has 1 atom stereocenters. The van der Waals surface area contributed by atoms with Crippen molar-refractivity contribution in [2.45, 2.75) is 25.8 Å². The van der Waals surface area contributed by atoms with Crippen LogP contribution in [0.4, 0.5) is 5.69 Å². The Morgan fingerprint density at radius 3 is 2.56 bits per heavy atom. The first-order valence-corrected chi connectivity index (χ1v) is 8.97. The van der Waals surface area contributed by atoms with E-state index in [0.29, 0.717) is 17.2 Å². The van der Waals surface area contributed by atoms with E-state index in [2.05, 4.69) is 15.5 Å². The molecule has 0 aliphatic carbocycles. The maximum absolute atomic E-state index is 11.3. The van der Waals surface area contributed by atoms with Crippen molar-refractivity contribution >= 4 is 28.8 Å². The van der Waals surface area contributed by atoms with E-state index in [9.17, 15) is 4.79 Å². The molecular formula is C19H23N3O2S. The summed E-state index contributed by atoms with van der Waals surface area (Å²) in [6.45, 7) is 4.41. The molecule has 1 aromatic heterocycles. The zero-order valence-corrected chi connectivity index (χ0v) is 15.1. The first-order valence-electron chi connectivity index (χ1n) is 8.57. The standard InChI is InChI=1S/C19H23N3O2S/c1-14(23)15-6-8-16(9-7-15)21-19(25)20-13-17(18-5-4-12-24-18)22-10-2-3-11-22/h4-9,12,17H,2-3,10-11,13H2,1H3,(H2,20,21,25)/t17-/m1/s1. The van der Waals surface area contributed by atoms with Gasteiger partial charge in [0.1, 0.15) is 5.76 Å². The number of carbonyl (C=O) groups excluding carboxylic acids is 1. The van der Waals surface area contributed by atoms with Gasteiger partial charge < -0.3 is 15.1 Å². The quantitative estimate of drug-likeness (QED) is 0.608. The van der Waals surface area contributed by atoms with Crippen molar-refractivity contribution in [1.29, 1.82) is 0 Å². The van der Waals surface area contributed by atoms with Gasteiger partial charge in [-0.2, -0.15) is 0 Å². The zero-order chi connectivity index (χ0) is 17.6. The zero-order valence-electron chi connectivity index (χ0n) is 14.3. The first kappa shape index (κ1) is 17.6. The smallest absolute Gasteiger partial charge is 0.170 e. The summed E-state index contributed by atoms with van der Waals surface area (Å²) < 4.78 is 5.62. The van der Waals surface area contributed by atoms with E-state index in [1.807, 2.05) is 24.3 Å². The van der Waals surface area contributed by atoms with Crippen molar-refractivity contribution in [3.63, 3.8) is 0 Å². The van der Waals surface area contributed by atoms with Crippen LogP contribution in [0.3, 0.4) is 0 Å². The van der Waals surface area contributed by atoms with Gasteiger partial charge in [-0.05, 0) is 81.5 Å². The number of furan rings is 1. The lowest BCUT2D eigenvalue weighted by Crippen LogP contribution is -2.38. The minimum atomic E-state index is 0.0548. The van der Waals surface area contributed by atoms with Crippen LogP contribution in [0.2, 0.25) is 0 Å². The summed E-state index contributed by atoms with van der Waals surface area (Å²) in [5.74, 6) is 1.02. The Hall–Kier alpha value is -2.18. The van der Waals surface area contributed by atoms with Gasteiger partial charge in [-0.15, -0.1) is 0 Å². The van der Waals surface area contributed by atoms with Crippen LogP contribution < -0.4 is 10.6 Å². The molecule has 0 saturated carbocycles. The number of benzene rings is 1. The molecule has 5 nitrogen and oxygen atoms in total. The van der Waals surface area contributed by atoms with Gasteiger partial charge in [0.05, 0.1) is 12.3 Å². The molecular weight excluding hydrogens is 334 g/mol. The molecule has 0 spiro atoms. The van der Waals surface area contributed by atoms with Crippen molar-refractivity contribution in [1.82, 2.24) is 10.2 Å². The molecule has 1 aliphatic heterocycles. The molecule has 3 rings (SSSR count). The van der Waals surface area contributed by atoms with Crippen molar-refractivity contribution in [2.75, 3.05) is 25.0 Å². The van der Waals surface area contributed by atoms with E-state index in [0.717, 1.165) is 24.5 Å². The van der Waals surface area contributed by atoms with Crippen LogP contribution in [0.1, 0.15) is 41.9 Å². The number of rotatable bonds is 6. The average molecular weight is 357 g/mol. The highest BCUT2D eigenvalue weighted by Crippen LogP contribution is 2.24. The lowest BCUT2D eigenvalue weighted by Gasteiger charge is -2.26. The molecule has 0 bridgehead atoms. The number of Topliss-reactive ketones (excluding diaryl/α,β-unsaturated/α-hetero) is 1. The number of likely N-dealkylation sites (tertiary alicyclic amines) is 1. The number of thiocarbonyl (C=S) groups is 1. The second-order valence-electron chi connectivity index (χ2n) is 6.24. The van der Waals surface area contributed by atoms with E-state index in [1.165, 1.54) is 12.8 Å². The van der Waals surface area contributed by atoms with Gasteiger partial charge in [0, 0.05) is 17.8 Å². The van der Waals surface area contributed by atoms with Crippen molar-refractivity contribution < 1.29 is 9.21 Å². The van der Waals surface area contributed by atoms with Gasteiger partial charge in [-0.25, -0.2) is 0 Å². The Balaban J connectivity index is 1.57. The van der Waals surface area contributed by atoms with Gasteiger partial charge >= 0.3 is 0 Å². The third-order valence-corrected chi connectivity index (χ3v) is 4.70. The van der Waals surface area contributed by atoms with Gasteiger partial charge in [0.2, 0.25) is 0 Å². The van der Waals surface area contributed by atoms with Crippen LogP contribution in [-0.4, -0.2) is 35.4 Å². The maximum atomic E-state index is 11.3. The highest BCUT2D eigenvalue weighted by Gasteiger charge is 2.25. The van der Waals surface area contributed by atoms with E-state index in [1.54, 1.807) is 25.3 Å². The SMILES string of the molecule is CC(=O)c1ccc(NC(=S)NC[C@H](c2ccco2)N2CCCC2)cc1. The number of hydrogen-bond acceptors (Lipinski definition) is 4. The van der Waals surface area contributed by atoms with Gasteiger partial charge in [0.15, 0.2) is 10.9 Å². The fourth-order valence-corrected chi connectivity index (χ4v) is 3.30. The Bertz CT molecular complexity index is 707. The highest BCUT2D eigenvalue weighted by molar-refractivity contribution is 7.80. The number of nitrogens with one attached hydrogen (secondary N) is 2. The summed E-state index contributed by atoms with van der Waals surface area (Å²) in [6.07, 6.45) is 4.16. The number of hydrogen-bond donors (Lipinski definition) is 2. The molecule has 2 aromatic rings. The van der Waals surface area contributed by atoms with Crippen LogP contribution in [0.25, 0.3) is 0 Å². The predicted molar refractivity (Wildman–Crippen MR) is 103 cm³/mol. The Morgan fingerprint density at radius 2 is 1.96 bits per heavy atom. The second kappa shape index (κ2) is 8.27. The molecule has 0 amide bonds. The van der Waals surface area contributed by atoms with E-state index in [4.69, 9.17) is 16.6 Å². The topological polar surface area (TPSA) is 57.5 Å². The largest absolute Gasteiger partial charge is 0.468 e. The summed E-state index contributed by atoms with van der Waals surface area (Å²) in [5, 5.41) is 7.01. The van der Waals surface area contributed by atoms with E-state index >= 15 is 0 Å². The van der Waals surface area contributed by atoms with Crippen LogP contribution in [0.15, 0.2) is 47.1 Å². The average Bonchev–Trinajstić information content (AvgIpc) is 3.29. The second-order valence-corrected chi connectivity index (χ2v) is 6.65. The molecule has 1 aliphatic rings. The molecule has 0 radical (unpaired) electrons. The van der Waals surface area contributed by atoms with Crippen molar-refractivity contribution in [2.24, 2.45) is 0 Å². The molecule has 132 valence electrons.